The van der Waals surface area contributed by atoms with Crippen molar-refractivity contribution in [3.63, 3.8) is 0 Å². The first-order chi connectivity index (χ1) is 9.56. The van der Waals surface area contributed by atoms with E-state index in [2.05, 4.69) is 5.32 Å². The summed E-state index contributed by atoms with van der Waals surface area (Å²) < 4.78 is 0. The quantitative estimate of drug-likeness (QED) is 0.839. The maximum atomic E-state index is 11.9. The average Bonchev–Trinajstić information content (AvgIpc) is 2.42. The van der Waals surface area contributed by atoms with Gasteiger partial charge >= 0.3 is 0 Å². The smallest absolute Gasteiger partial charge is 0.228 e. The van der Waals surface area contributed by atoms with Crippen molar-refractivity contribution in [1.82, 2.24) is 0 Å². The number of carbonyl (C=O) groups is 2. The predicted octanol–water partition coefficient (Wildman–Crippen LogP) is 2.78. The summed E-state index contributed by atoms with van der Waals surface area (Å²) in [5.74, 6) is -0.131. The first kappa shape index (κ1) is 13.8. The van der Waals surface area contributed by atoms with Crippen molar-refractivity contribution < 1.29 is 14.7 Å². The Morgan fingerprint density at radius 1 is 1.05 bits per heavy atom. The highest BCUT2D eigenvalue weighted by Crippen LogP contribution is 2.17. The Hall–Kier alpha value is -2.62. The Morgan fingerprint density at radius 2 is 1.70 bits per heavy atom. The second-order valence-electron chi connectivity index (χ2n) is 4.49. The van der Waals surface area contributed by atoms with E-state index in [1.807, 2.05) is 0 Å². The third-order valence-corrected chi connectivity index (χ3v) is 2.92. The Labute approximate surface area is 117 Å². The number of benzene rings is 2. The van der Waals surface area contributed by atoms with Crippen LogP contribution in [0.3, 0.4) is 0 Å². The van der Waals surface area contributed by atoms with Gasteiger partial charge in [0, 0.05) is 16.8 Å². The fourth-order valence-electron chi connectivity index (χ4n) is 1.83. The minimum atomic E-state index is -0.220. The molecule has 0 radical (unpaired) electrons. The van der Waals surface area contributed by atoms with Crippen molar-refractivity contribution in [2.24, 2.45) is 0 Å². The second-order valence-corrected chi connectivity index (χ2v) is 4.49. The number of carbonyl (C=O) groups excluding carboxylic acids is 2. The molecule has 0 heterocycles. The molecule has 0 atom stereocenters. The van der Waals surface area contributed by atoms with Crippen LogP contribution in [0.15, 0.2) is 48.5 Å². The molecule has 4 nitrogen and oxygen atoms in total. The van der Waals surface area contributed by atoms with Crippen LogP contribution < -0.4 is 5.32 Å². The number of amides is 1. The van der Waals surface area contributed by atoms with Gasteiger partial charge in [-0.15, -0.1) is 0 Å². The van der Waals surface area contributed by atoms with Gasteiger partial charge in [0.15, 0.2) is 5.78 Å². The van der Waals surface area contributed by atoms with Crippen LogP contribution in [-0.4, -0.2) is 16.8 Å². The van der Waals surface area contributed by atoms with Crippen LogP contribution in [0.1, 0.15) is 22.8 Å². The highest BCUT2D eigenvalue weighted by Gasteiger charge is 2.07. The number of aromatic hydroxyl groups is 1. The van der Waals surface area contributed by atoms with Gasteiger partial charge in [-0.1, -0.05) is 18.2 Å². The van der Waals surface area contributed by atoms with Crippen LogP contribution in [0.2, 0.25) is 0 Å². The molecule has 1 amide bonds. The summed E-state index contributed by atoms with van der Waals surface area (Å²) in [5, 5.41) is 12.3. The summed E-state index contributed by atoms with van der Waals surface area (Å²) in [6.07, 6.45) is 0.0983. The monoisotopic (exact) mass is 269 g/mol. The van der Waals surface area contributed by atoms with E-state index >= 15 is 0 Å². The molecule has 0 spiro atoms. The summed E-state index contributed by atoms with van der Waals surface area (Å²) in [6.45, 7) is 1.49. The lowest BCUT2D eigenvalue weighted by molar-refractivity contribution is -0.115. The van der Waals surface area contributed by atoms with Crippen molar-refractivity contribution >= 4 is 17.4 Å². The summed E-state index contributed by atoms with van der Waals surface area (Å²) in [6, 6.07) is 13.4. The molecule has 0 bridgehead atoms. The lowest BCUT2D eigenvalue weighted by Gasteiger charge is -2.07. The summed E-state index contributed by atoms with van der Waals surface area (Å²) >= 11 is 0. The summed E-state index contributed by atoms with van der Waals surface area (Å²) in [4.78, 5) is 23.0. The molecule has 0 aliphatic heterocycles. The normalized spacial score (nSPS) is 10.1. The molecule has 2 N–H and O–H groups in total. The van der Waals surface area contributed by atoms with E-state index < -0.39 is 0 Å². The fourth-order valence-corrected chi connectivity index (χ4v) is 1.83. The van der Waals surface area contributed by atoms with E-state index in [4.69, 9.17) is 0 Å². The molecule has 102 valence electrons. The number of hydrogen-bond donors (Lipinski definition) is 2. The molecule has 0 unspecified atom stereocenters. The molecule has 2 rings (SSSR count). The lowest BCUT2D eigenvalue weighted by atomic mass is 10.1. The average molecular weight is 269 g/mol. The van der Waals surface area contributed by atoms with Crippen molar-refractivity contribution in [2.75, 3.05) is 5.32 Å². The molecule has 2 aromatic rings. The van der Waals surface area contributed by atoms with Crippen LogP contribution >= 0.6 is 0 Å². The van der Waals surface area contributed by atoms with Crippen LogP contribution in [0.4, 0.5) is 5.69 Å². The molecule has 2 aromatic carbocycles. The van der Waals surface area contributed by atoms with Gasteiger partial charge < -0.3 is 10.4 Å². The minimum Gasteiger partial charge on any atom is -0.508 e. The number of phenolic OH excluding ortho intramolecular Hbond substituents is 1. The highest BCUT2D eigenvalue weighted by atomic mass is 16.3. The summed E-state index contributed by atoms with van der Waals surface area (Å²) in [5.41, 5.74) is 1.80. The number of hydrogen-bond acceptors (Lipinski definition) is 3. The number of phenols is 1. The van der Waals surface area contributed by atoms with E-state index in [-0.39, 0.29) is 23.9 Å². The number of rotatable bonds is 4. The van der Waals surface area contributed by atoms with Crippen molar-refractivity contribution in [3.05, 3.63) is 59.7 Å². The van der Waals surface area contributed by atoms with E-state index in [9.17, 15) is 14.7 Å². The molecule has 0 saturated carbocycles. The van der Waals surface area contributed by atoms with Crippen LogP contribution in [0.5, 0.6) is 5.75 Å². The Morgan fingerprint density at radius 3 is 2.30 bits per heavy atom. The number of anilines is 1. The SMILES string of the molecule is CC(=O)c1ccc(NC(=O)Cc2ccccc2O)cc1. The van der Waals surface area contributed by atoms with E-state index in [1.165, 1.54) is 6.92 Å². The Balaban J connectivity index is 2.01. The zero-order chi connectivity index (χ0) is 14.5. The zero-order valence-corrected chi connectivity index (χ0v) is 11.1. The highest BCUT2D eigenvalue weighted by molar-refractivity contribution is 5.96. The molecule has 20 heavy (non-hydrogen) atoms. The van der Waals surface area contributed by atoms with Gasteiger partial charge in [0.1, 0.15) is 5.75 Å². The maximum Gasteiger partial charge on any atom is 0.228 e. The topological polar surface area (TPSA) is 66.4 Å². The predicted molar refractivity (Wildman–Crippen MR) is 76.9 cm³/mol. The molecule has 0 saturated heterocycles. The molecule has 0 aliphatic carbocycles. The Bertz CT molecular complexity index is 632. The van der Waals surface area contributed by atoms with Crippen LogP contribution in [-0.2, 0) is 11.2 Å². The Kier molecular flexibility index (Phi) is 4.15. The molecule has 0 aliphatic rings. The largest absolute Gasteiger partial charge is 0.508 e. The first-order valence-corrected chi connectivity index (χ1v) is 6.24. The van der Waals surface area contributed by atoms with Gasteiger partial charge in [0.2, 0.25) is 5.91 Å². The van der Waals surface area contributed by atoms with Crippen molar-refractivity contribution in [2.45, 2.75) is 13.3 Å². The second kappa shape index (κ2) is 6.02. The third kappa shape index (κ3) is 3.45. The van der Waals surface area contributed by atoms with Crippen LogP contribution in [0, 0.1) is 0 Å². The van der Waals surface area contributed by atoms with Gasteiger partial charge in [0.05, 0.1) is 6.42 Å². The molecule has 4 heteroatoms. The van der Waals surface area contributed by atoms with Crippen molar-refractivity contribution in [1.29, 1.82) is 0 Å². The zero-order valence-electron chi connectivity index (χ0n) is 11.1. The molecular formula is C16H15NO3. The maximum absolute atomic E-state index is 11.9. The van der Waals surface area contributed by atoms with Gasteiger partial charge in [0.25, 0.3) is 0 Å². The van der Waals surface area contributed by atoms with Crippen molar-refractivity contribution in [3.8, 4) is 5.75 Å². The minimum absolute atomic E-state index is 0.0166. The molecule has 0 aromatic heterocycles. The van der Waals surface area contributed by atoms with E-state index in [0.717, 1.165) is 0 Å². The van der Waals surface area contributed by atoms with Crippen LogP contribution in [0.25, 0.3) is 0 Å². The fraction of sp³-hybridized carbons (Fsp3) is 0.125. The van der Waals surface area contributed by atoms with Gasteiger partial charge in [-0.3, -0.25) is 9.59 Å². The third-order valence-electron chi connectivity index (χ3n) is 2.92. The van der Waals surface area contributed by atoms with Gasteiger partial charge in [-0.05, 0) is 37.3 Å². The van der Waals surface area contributed by atoms with E-state index in [0.29, 0.717) is 16.8 Å². The lowest BCUT2D eigenvalue weighted by Crippen LogP contribution is -2.14. The number of Topliss-reactive ketones (excluding diaryl/α,β-unsaturated/α-hetero) is 1. The first-order valence-electron chi connectivity index (χ1n) is 6.24. The van der Waals surface area contributed by atoms with Gasteiger partial charge in [-0.2, -0.15) is 0 Å². The number of nitrogens with one attached hydrogen (secondary N) is 1. The number of para-hydroxylation sites is 1. The van der Waals surface area contributed by atoms with E-state index in [1.54, 1.807) is 48.5 Å². The summed E-state index contributed by atoms with van der Waals surface area (Å²) in [7, 11) is 0. The molecule has 0 fully saturated rings. The number of ketones is 1. The van der Waals surface area contributed by atoms with Gasteiger partial charge in [-0.25, -0.2) is 0 Å². The molecular weight excluding hydrogens is 254 g/mol. The standard InChI is InChI=1S/C16H15NO3/c1-11(18)12-6-8-14(9-7-12)17-16(20)10-13-4-2-3-5-15(13)19/h2-9,19H,10H2,1H3,(H,17,20).